The standard InChI is InChI=1S/C18H17NOS/c1-10-8-9-15(14-7-5-4-6-13(10)14)17(20)16-11(2)12(3)21-18(16)19/h4-9H,19H2,1-3H3. The molecule has 3 rings (SSSR count). The number of carbonyl (C=O) groups is 1. The third kappa shape index (κ3) is 2.14. The second-order valence-electron chi connectivity index (χ2n) is 5.33. The first kappa shape index (κ1) is 13.8. The lowest BCUT2D eigenvalue weighted by Gasteiger charge is -2.09. The topological polar surface area (TPSA) is 43.1 Å². The predicted octanol–water partition coefficient (Wildman–Crippen LogP) is 4.64. The molecular formula is C18H17NOS. The zero-order chi connectivity index (χ0) is 15.1. The van der Waals surface area contributed by atoms with Gasteiger partial charge in [-0.05, 0) is 42.7 Å². The number of rotatable bonds is 2. The fourth-order valence-corrected chi connectivity index (χ4v) is 3.65. The van der Waals surface area contributed by atoms with E-state index in [2.05, 4.69) is 13.0 Å². The Labute approximate surface area is 128 Å². The van der Waals surface area contributed by atoms with E-state index in [1.807, 2.05) is 44.2 Å². The van der Waals surface area contributed by atoms with Crippen LogP contribution in [-0.4, -0.2) is 5.78 Å². The molecule has 1 aromatic heterocycles. The Bertz CT molecular complexity index is 861. The van der Waals surface area contributed by atoms with Crippen LogP contribution in [0.3, 0.4) is 0 Å². The number of hydrogen-bond donors (Lipinski definition) is 1. The summed E-state index contributed by atoms with van der Waals surface area (Å²) in [6.45, 7) is 6.02. The molecule has 21 heavy (non-hydrogen) atoms. The van der Waals surface area contributed by atoms with Crippen LogP contribution in [0.5, 0.6) is 0 Å². The highest BCUT2D eigenvalue weighted by Crippen LogP contribution is 2.33. The minimum Gasteiger partial charge on any atom is -0.390 e. The van der Waals surface area contributed by atoms with E-state index in [1.54, 1.807) is 0 Å². The Balaban J connectivity index is 2.26. The molecule has 2 aromatic carbocycles. The van der Waals surface area contributed by atoms with Gasteiger partial charge in [0.15, 0.2) is 5.78 Å². The van der Waals surface area contributed by atoms with Crippen LogP contribution >= 0.6 is 11.3 Å². The molecule has 0 bridgehead atoms. The molecule has 0 aliphatic carbocycles. The van der Waals surface area contributed by atoms with Crippen molar-refractivity contribution in [1.29, 1.82) is 0 Å². The summed E-state index contributed by atoms with van der Waals surface area (Å²) < 4.78 is 0. The molecule has 0 aliphatic rings. The summed E-state index contributed by atoms with van der Waals surface area (Å²) in [7, 11) is 0. The van der Waals surface area contributed by atoms with Gasteiger partial charge in [0.05, 0.1) is 10.6 Å². The zero-order valence-electron chi connectivity index (χ0n) is 12.4. The van der Waals surface area contributed by atoms with Crippen molar-refractivity contribution in [3.8, 4) is 0 Å². The van der Waals surface area contributed by atoms with Crippen molar-refractivity contribution in [2.75, 3.05) is 5.73 Å². The van der Waals surface area contributed by atoms with Gasteiger partial charge >= 0.3 is 0 Å². The van der Waals surface area contributed by atoms with Crippen LogP contribution in [0, 0.1) is 20.8 Å². The number of hydrogen-bond acceptors (Lipinski definition) is 3. The van der Waals surface area contributed by atoms with E-state index in [-0.39, 0.29) is 5.78 Å². The quantitative estimate of drug-likeness (QED) is 0.700. The first-order valence-electron chi connectivity index (χ1n) is 6.89. The van der Waals surface area contributed by atoms with Crippen molar-refractivity contribution in [2.45, 2.75) is 20.8 Å². The van der Waals surface area contributed by atoms with Crippen LogP contribution in [-0.2, 0) is 0 Å². The molecule has 0 amide bonds. The van der Waals surface area contributed by atoms with E-state index < -0.39 is 0 Å². The van der Waals surface area contributed by atoms with Crippen molar-refractivity contribution >= 4 is 32.9 Å². The van der Waals surface area contributed by atoms with Crippen molar-refractivity contribution in [3.63, 3.8) is 0 Å². The summed E-state index contributed by atoms with van der Waals surface area (Å²) in [5.74, 6) is 0.0190. The molecule has 0 unspecified atom stereocenters. The molecule has 0 aliphatic heterocycles. The van der Waals surface area contributed by atoms with E-state index in [0.29, 0.717) is 10.6 Å². The number of nitrogen functional groups attached to an aromatic ring is 1. The number of fused-ring (bicyclic) bond motifs is 1. The van der Waals surface area contributed by atoms with Gasteiger partial charge in [0.1, 0.15) is 0 Å². The van der Waals surface area contributed by atoms with Gasteiger partial charge in [-0.15, -0.1) is 11.3 Å². The first-order chi connectivity index (χ1) is 10.0. The summed E-state index contributed by atoms with van der Waals surface area (Å²) in [6.07, 6.45) is 0. The van der Waals surface area contributed by atoms with Crippen LogP contribution in [0.1, 0.15) is 31.9 Å². The monoisotopic (exact) mass is 295 g/mol. The van der Waals surface area contributed by atoms with Crippen LogP contribution in [0.2, 0.25) is 0 Å². The largest absolute Gasteiger partial charge is 0.390 e. The minimum atomic E-state index is 0.0190. The highest BCUT2D eigenvalue weighted by molar-refractivity contribution is 7.16. The van der Waals surface area contributed by atoms with Gasteiger partial charge in [-0.25, -0.2) is 0 Å². The van der Waals surface area contributed by atoms with Crippen molar-refractivity contribution < 1.29 is 4.79 Å². The molecule has 0 fully saturated rings. The molecular weight excluding hydrogens is 278 g/mol. The molecule has 0 spiro atoms. The van der Waals surface area contributed by atoms with E-state index in [0.717, 1.165) is 26.8 Å². The first-order valence-corrected chi connectivity index (χ1v) is 7.71. The van der Waals surface area contributed by atoms with Gasteiger partial charge in [0, 0.05) is 10.4 Å². The summed E-state index contributed by atoms with van der Waals surface area (Å²) in [5.41, 5.74) is 9.60. The maximum Gasteiger partial charge on any atom is 0.196 e. The normalized spacial score (nSPS) is 11.0. The van der Waals surface area contributed by atoms with E-state index in [9.17, 15) is 4.79 Å². The van der Waals surface area contributed by atoms with Gasteiger partial charge < -0.3 is 5.73 Å². The second-order valence-corrected chi connectivity index (χ2v) is 6.58. The fraction of sp³-hybridized carbons (Fsp3) is 0.167. The smallest absolute Gasteiger partial charge is 0.196 e. The maximum atomic E-state index is 13.0. The van der Waals surface area contributed by atoms with Crippen LogP contribution in [0.25, 0.3) is 10.8 Å². The number of nitrogens with two attached hydrogens (primary N) is 1. The van der Waals surface area contributed by atoms with E-state index in [1.165, 1.54) is 16.9 Å². The molecule has 2 nitrogen and oxygen atoms in total. The Morgan fingerprint density at radius 3 is 2.29 bits per heavy atom. The van der Waals surface area contributed by atoms with E-state index in [4.69, 9.17) is 5.73 Å². The minimum absolute atomic E-state index is 0.0190. The summed E-state index contributed by atoms with van der Waals surface area (Å²) in [4.78, 5) is 14.1. The van der Waals surface area contributed by atoms with Gasteiger partial charge in [0.25, 0.3) is 0 Å². The number of anilines is 1. The fourth-order valence-electron chi connectivity index (χ4n) is 2.72. The van der Waals surface area contributed by atoms with Gasteiger partial charge in [-0.2, -0.15) is 0 Å². The molecule has 0 atom stereocenters. The summed E-state index contributed by atoms with van der Waals surface area (Å²) in [6, 6.07) is 11.9. The molecule has 3 heteroatoms. The van der Waals surface area contributed by atoms with Crippen molar-refractivity contribution in [3.05, 3.63) is 63.5 Å². The molecule has 0 saturated carbocycles. The second kappa shape index (κ2) is 5.01. The van der Waals surface area contributed by atoms with Gasteiger partial charge in [-0.3, -0.25) is 4.79 Å². The third-order valence-corrected chi connectivity index (χ3v) is 5.06. The number of benzene rings is 2. The highest BCUT2D eigenvalue weighted by Gasteiger charge is 2.21. The predicted molar refractivity (Wildman–Crippen MR) is 90.3 cm³/mol. The van der Waals surface area contributed by atoms with Gasteiger partial charge in [0.2, 0.25) is 0 Å². The third-order valence-electron chi connectivity index (χ3n) is 4.03. The number of thiophene rings is 1. The SMILES string of the molecule is Cc1sc(N)c(C(=O)c2ccc(C)c3ccccc23)c1C. The summed E-state index contributed by atoms with van der Waals surface area (Å²) >= 11 is 1.48. The van der Waals surface area contributed by atoms with Crippen LogP contribution < -0.4 is 5.73 Å². The lowest BCUT2D eigenvalue weighted by Crippen LogP contribution is -2.06. The lowest BCUT2D eigenvalue weighted by molar-refractivity contribution is 0.104. The Morgan fingerprint density at radius 1 is 1.00 bits per heavy atom. The Kier molecular flexibility index (Phi) is 3.30. The Hall–Kier alpha value is -2.13. The van der Waals surface area contributed by atoms with Crippen molar-refractivity contribution in [2.24, 2.45) is 0 Å². The average Bonchev–Trinajstić information content (AvgIpc) is 2.72. The van der Waals surface area contributed by atoms with E-state index >= 15 is 0 Å². The zero-order valence-corrected chi connectivity index (χ0v) is 13.2. The lowest BCUT2D eigenvalue weighted by atomic mass is 9.94. The number of carbonyl (C=O) groups excluding carboxylic acids is 1. The van der Waals surface area contributed by atoms with Crippen LogP contribution in [0.4, 0.5) is 5.00 Å². The molecule has 106 valence electrons. The van der Waals surface area contributed by atoms with Gasteiger partial charge in [-0.1, -0.05) is 36.4 Å². The molecule has 3 aromatic rings. The number of aryl methyl sites for hydroxylation is 2. The molecule has 2 N–H and O–H groups in total. The average molecular weight is 295 g/mol. The molecule has 0 saturated heterocycles. The molecule has 1 heterocycles. The maximum absolute atomic E-state index is 13.0. The molecule has 0 radical (unpaired) electrons. The highest BCUT2D eigenvalue weighted by atomic mass is 32.1. The van der Waals surface area contributed by atoms with Crippen LogP contribution in [0.15, 0.2) is 36.4 Å². The number of ketones is 1. The Morgan fingerprint density at radius 2 is 1.67 bits per heavy atom. The van der Waals surface area contributed by atoms with Crippen molar-refractivity contribution in [1.82, 2.24) is 0 Å². The summed E-state index contributed by atoms with van der Waals surface area (Å²) in [5, 5.41) is 2.72.